The minimum atomic E-state index is -0.0212. The molecule has 0 spiro atoms. The van der Waals surface area contributed by atoms with E-state index in [1.54, 1.807) is 29.3 Å². The third-order valence-corrected chi connectivity index (χ3v) is 5.22. The molecule has 0 radical (unpaired) electrons. The van der Waals surface area contributed by atoms with Gasteiger partial charge >= 0.3 is 0 Å². The molecule has 2 aromatic heterocycles. The van der Waals surface area contributed by atoms with Gasteiger partial charge in [0.2, 0.25) is 0 Å². The van der Waals surface area contributed by atoms with E-state index in [9.17, 15) is 4.79 Å². The summed E-state index contributed by atoms with van der Waals surface area (Å²) in [6.45, 7) is 1.86. The van der Waals surface area contributed by atoms with Gasteiger partial charge in [-0.25, -0.2) is 9.67 Å². The Labute approximate surface area is 135 Å². The molecule has 122 valence electrons. The minimum absolute atomic E-state index is 0.0212. The number of likely N-dealkylation sites (tertiary alicyclic amines) is 1. The van der Waals surface area contributed by atoms with Crippen LogP contribution in [0.1, 0.15) is 38.5 Å². The van der Waals surface area contributed by atoms with Crippen LogP contribution >= 0.6 is 0 Å². The molecular weight excluding hydrogens is 290 g/mol. The van der Waals surface area contributed by atoms with Gasteiger partial charge in [-0.1, -0.05) is 12.8 Å². The molecule has 6 nitrogen and oxygen atoms in total. The van der Waals surface area contributed by atoms with Crippen LogP contribution in [0, 0.1) is 0 Å². The summed E-state index contributed by atoms with van der Waals surface area (Å²) >= 11 is 0. The van der Waals surface area contributed by atoms with Gasteiger partial charge < -0.3 is 0 Å². The second-order valence-electron chi connectivity index (χ2n) is 6.65. The summed E-state index contributed by atoms with van der Waals surface area (Å²) in [5.74, 6) is 0.743. The first-order chi connectivity index (χ1) is 11.3. The highest BCUT2D eigenvalue weighted by Gasteiger charge is 2.32. The van der Waals surface area contributed by atoms with Gasteiger partial charge in [-0.15, -0.1) is 0 Å². The second-order valence-corrected chi connectivity index (χ2v) is 6.65. The fourth-order valence-corrected chi connectivity index (χ4v) is 4.07. The van der Waals surface area contributed by atoms with Crippen LogP contribution in [-0.2, 0) is 6.54 Å². The Bertz CT molecular complexity index is 702. The topological polar surface area (TPSA) is 56.0 Å². The lowest BCUT2D eigenvalue weighted by Gasteiger charge is -2.30. The van der Waals surface area contributed by atoms with Crippen molar-refractivity contribution in [2.45, 2.75) is 57.2 Å². The smallest absolute Gasteiger partial charge is 0.266 e. The molecule has 6 heteroatoms. The van der Waals surface area contributed by atoms with Crippen molar-refractivity contribution in [1.82, 2.24) is 24.2 Å². The predicted molar refractivity (Wildman–Crippen MR) is 87.6 cm³/mol. The van der Waals surface area contributed by atoms with Gasteiger partial charge in [0.25, 0.3) is 5.56 Å². The lowest BCUT2D eigenvalue weighted by molar-refractivity contribution is 0.162. The highest BCUT2D eigenvalue weighted by molar-refractivity contribution is 5.19. The molecule has 1 saturated heterocycles. The van der Waals surface area contributed by atoms with Crippen molar-refractivity contribution < 1.29 is 0 Å². The zero-order valence-corrected chi connectivity index (χ0v) is 13.3. The maximum absolute atomic E-state index is 12.2. The average molecular weight is 313 g/mol. The van der Waals surface area contributed by atoms with E-state index in [-0.39, 0.29) is 5.56 Å². The SMILES string of the molecule is O=c1ccc(-n2ccnc2)nn1CC1CCCN1C1CCCC1. The quantitative estimate of drug-likeness (QED) is 0.864. The molecule has 2 aliphatic rings. The van der Waals surface area contributed by atoms with E-state index in [0.29, 0.717) is 12.6 Å². The van der Waals surface area contributed by atoms with Crippen LogP contribution in [0.5, 0.6) is 0 Å². The molecule has 0 amide bonds. The zero-order valence-electron chi connectivity index (χ0n) is 13.3. The van der Waals surface area contributed by atoms with E-state index in [1.807, 2.05) is 10.8 Å². The summed E-state index contributed by atoms with van der Waals surface area (Å²) < 4.78 is 3.46. The van der Waals surface area contributed by atoms with Crippen LogP contribution in [0.3, 0.4) is 0 Å². The molecule has 23 heavy (non-hydrogen) atoms. The van der Waals surface area contributed by atoms with Crippen molar-refractivity contribution in [2.75, 3.05) is 6.54 Å². The van der Waals surface area contributed by atoms with Gasteiger partial charge in [-0.2, -0.15) is 5.10 Å². The standard InChI is InChI=1S/C17H23N5O/c23-17-8-7-16(20-11-9-18-13-20)19-22(17)12-15-6-3-10-21(15)14-4-1-2-5-14/h7-9,11,13-15H,1-6,10,12H2. The van der Waals surface area contributed by atoms with Crippen LogP contribution in [-0.4, -0.2) is 42.9 Å². The van der Waals surface area contributed by atoms with E-state index >= 15 is 0 Å². The van der Waals surface area contributed by atoms with Crippen molar-refractivity contribution in [3.05, 3.63) is 41.2 Å². The van der Waals surface area contributed by atoms with Gasteiger partial charge in [-0.3, -0.25) is 14.3 Å². The fraction of sp³-hybridized carbons (Fsp3) is 0.588. The Morgan fingerprint density at radius 2 is 2.00 bits per heavy atom. The Balaban J connectivity index is 1.55. The first-order valence-electron chi connectivity index (χ1n) is 8.63. The summed E-state index contributed by atoms with van der Waals surface area (Å²) in [7, 11) is 0. The van der Waals surface area contributed by atoms with Crippen molar-refractivity contribution in [3.63, 3.8) is 0 Å². The second kappa shape index (κ2) is 6.28. The van der Waals surface area contributed by atoms with Gasteiger partial charge in [0.15, 0.2) is 5.82 Å². The number of hydrogen-bond donors (Lipinski definition) is 0. The molecule has 3 heterocycles. The van der Waals surface area contributed by atoms with Gasteiger partial charge in [-0.05, 0) is 38.3 Å². The van der Waals surface area contributed by atoms with E-state index in [1.165, 1.54) is 45.1 Å². The molecule has 1 atom stereocenters. The molecule has 2 fully saturated rings. The largest absolute Gasteiger partial charge is 0.296 e. The number of rotatable bonds is 4. The molecule has 1 aliphatic heterocycles. The van der Waals surface area contributed by atoms with Crippen LogP contribution < -0.4 is 5.56 Å². The van der Waals surface area contributed by atoms with Gasteiger partial charge in [0, 0.05) is 30.5 Å². The number of hydrogen-bond acceptors (Lipinski definition) is 4. The first kappa shape index (κ1) is 14.6. The first-order valence-corrected chi connectivity index (χ1v) is 8.63. The lowest BCUT2D eigenvalue weighted by atomic mass is 10.1. The molecule has 0 N–H and O–H groups in total. The molecule has 0 bridgehead atoms. The number of imidazole rings is 1. The summed E-state index contributed by atoms with van der Waals surface area (Å²) in [6, 6.07) is 4.53. The van der Waals surface area contributed by atoms with Crippen LogP contribution in [0.4, 0.5) is 0 Å². The highest BCUT2D eigenvalue weighted by Crippen LogP contribution is 2.30. The van der Waals surface area contributed by atoms with E-state index in [2.05, 4.69) is 15.0 Å². The Morgan fingerprint density at radius 1 is 1.13 bits per heavy atom. The molecular formula is C17H23N5O. The third-order valence-electron chi connectivity index (χ3n) is 5.22. The Morgan fingerprint density at radius 3 is 2.78 bits per heavy atom. The minimum Gasteiger partial charge on any atom is -0.296 e. The maximum Gasteiger partial charge on any atom is 0.266 e. The number of nitrogens with zero attached hydrogens (tertiary/aromatic N) is 5. The van der Waals surface area contributed by atoms with Crippen molar-refractivity contribution >= 4 is 0 Å². The van der Waals surface area contributed by atoms with Crippen LogP contribution in [0.15, 0.2) is 35.6 Å². The van der Waals surface area contributed by atoms with Crippen molar-refractivity contribution in [3.8, 4) is 5.82 Å². The fourth-order valence-electron chi connectivity index (χ4n) is 4.07. The molecule has 0 aromatic carbocycles. The van der Waals surface area contributed by atoms with Crippen LogP contribution in [0.2, 0.25) is 0 Å². The summed E-state index contributed by atoms with van der Waals surface area (Å²) in [4.78, 5) is 18.9. The predicted octanol–water partition coefficient (Wildman–Crippen LogP) is 1.84. The molecule has 1 unspecified atom stereocenters. The van der Waals surface area contributed by atoms with E-state index in [4.69, 9.17) is 0 Å². The lowest BCUT2D eigenvalue weighted by Crippen LogP contribution is -2.42. The van der Waals surface area contributed by atoms with Gasteiger partial charge in [0.1, 0.15) is 6.33 Å². The maximum atomic E-state index is 12.2. The molecule has 4 rings (SSSR count). The van der Waals surface area contributed by atoms with E-state index < -0.39 is 0 Å². The molecule has 1 aliphatic carbocycles. The highest BCUT2D eigenvalue weighted by atomic mass is 16.1. The van der Waals surface area contributed by atoms with Crippen LogP contribution in [0.25, 0.3) is 5.82 Å². The van der Waals surface area contributed by atoms with Crippen molar-refractivity contribution in [1.29, 1.82) is 0 Å². The summed E-state index contributed by atoms with van der Waals surface area (Å²) in [5.41, 5.74) is -0.0212. The Kier molecular flexibility index (Phi) is 3.99. The normalized spacial score (nSPS) is 22.9. The Hall–Kier alpha value is -1.95. The monoisotopic (exact) mass is 313 g/mol. The molecule has 2 aromatic rings. The van der Waals surface area contributed by atoms with Crippen molar-refractivity contribution in [2.24, 2.45) is 0 Å². The third kappa shape index (κ3) is 2.95. The molecule has 1 saturated carbocycles. The van der Waals surface area contributed by atoms with E-state index in [0.717, 1.165) is 11.9 Å². The average Bonchev–Trinajstić information content (AvgIpc) is 3.31. The zero-order chi connectivity index (χ0) is 15.6. The van der Waals surface area contributed by atoms with Gasteiger partial charge in [0.05, 0.1) is 6.54 Å². The summed E-state index contributed by atoms with van der Waals surface area (Å²) in [6.07, 6.45) is 13.0. The summed E-state index contributed by atoms with van der Waals surface area (Å²) in [5, 5.41) is 4.54. The number of aromatic nitrogens is 4.